The number of likely N-dealkylation sites (tertiary alicyclic amines) is 1. The summed E-state index contributed by atoms with van der Waals surface area (Å²) in [6, 6.07) is 1.94. The average Bonchev–Trinajstić information content (AvgIpc) is 3.47. The Morgan fingerprint density at radius 3 is 2.58 bits per heavy atom. The zero-order valence-corrected chi connectivity index (χ0v) is 18.9. The Kier molecular flexibility index (Phi) is 5.67. The number of hydrogen-bond acceptors (Lipinski definition) is 5. The Labute approximate surface area is 190 Å². The van der Waals surface area contributed by atoms with E-state index in [0.717, 1.165) is 24.5 Å². The van der Waals surface area contributed by atoms with E-state index in [1.165, 1.54) is 17.2 Å². The molecule has 2 fully saturated rings. The van der Waals surface area contributed by atoms with E-state index < -0.39 is 35.0 Å². The van der Waals surface area contributed by atoms with E-state index in [1.807, 2.05) is 0 Å². The second-order valence-corrected chi connectivity index (χ2v) is 9.62. The average molecular weight is 458 g/mol. The van der Waals surface area contributed by atoms with Gasteiger partial charge in [0.15, 0.2) is 11.6 Å². The maximum Gasteiger partial charge on any atom is 0.410 e. The molecule has 8 nitrogen and oxygen atoms in total. The molecule has 1 aromatic carbocycles. The summed E-state index contributed by atoms with van der Waals surface area (Å²) in [5.41, 5.74) is -0.669. The zero-order chi connectivity index (χ0) is 24.1. The fourth-order valence-corrected chi connectivity index (χ4v) is 4.06. The molecule has 4 rings (SSSR count). The Morgan fingerprint density at radius 1 is 1.27 bits per heavy atom. The number of rotatable bonds is 5. The molecule has 2 aliphatic rings. The smallest absolute Gasteiger partial charge is 0.410 e. The summed E-state index contributed by atoms with van der Waals surface area (Å²) in [5.74, 6) is -2.13. The van der Waals surface area contributed by atoms with Crippen molar-refractivity contribution in [3.05, 3.63) is 52.1 Å². The highest BCUT2D eigenvalue weighted by Gasteiger charge is 2.35. The second kappa shape index (κ2) is 8.20. The third-order valence-electron chi connectivity index (χ3n) is 5.68. The summed E-state index contributed by atoms with van der Waals surface area (Å²) in [5, 5.41) is 9.51. The first-order valence-corrected chi connectivity index (χ1v) is 10.9. The lowest BCUT2D eigenvalue weighted by Crippen LogP contribution is -2.42. The Balaban J connectivity index is 1.69. The highest BCUT2D eigenvalue weighted by atomic mass is 19.1. The normalized spacial score (nSPS) is 18.6. The molecule has 0 bridgehead atoms. The summed E-state index contributed by atoms with van der Waals surface area (Å²) in [7, 11) is 0. The summed E-state index contributed by atoms with van der Waals surface area (Å²) in [4.78, 5) is 38.5. The molecule has 9 heteroatoms. The van der Waals surface area contributed by atoms with Crippen LogP contribution in [-0.4, -0.2) is 51.4 Å². The number of carboxylic acid groups (broad SMARTS) is 1. The molecule has 2 heterocycles. The number of halogens is 1. The standard InChI is InChI=1S/C24H27FN2O6/c1-13-9-15(27(10-13)23(31)33-24(2,3)4)12-32-21-18(25)8-7-16-19(21)26(14-5-6-14)11-17(20(16)28)22(29)30/h7-8,11,14-15H,1,5-6,9-10,12H2,2-4H3,(H,29,30). The quantitative estimate of drug-likeness (QED) is 0.677. The highest BCUT2D eigenvalue weighted by Crippen LogP contribution is 2.40. The van der Waals surface area contributed by atoms with Crippen LogP contribution in [0, 0.1) is 5.82 Å². The molecule has 1 aliphatic carbocycles. The van der Waals surface area contributed by atoms with Crippen LogP contribution in [0.3, 0.4) is 0 Å². The molecule has 1 saturated carbocycles. The molecule has 2 aromatic rings. The molecular formula is C24H27FN2O6. The molecule has 1 saturated heterocycles. The fraction of sp³-hybridized carbons (Fsp3) is 0.458. The Hall–Kier alpha value is -3.36. The number of carboxylic acids is 1. The number of aromatic nitrogens is 1. The lowest BCUT2D eigenvalue weighted by molar-refractivity contribution is 0.0189. The minimum absolute atomic E-state index is 0.0279. The maximum absolute atomic E-state index is 14.9. The molecule has 1 aliphatic heterocycles. The van der Waals surface area contributed by atoms with Gasteiger partial charge in [0, 0.05) is 18.8 Å². The SMILES string of the molecule is C=C1CC(COc2c(F)ccc3c(=O)c(C(=O)O)cn(C4CC4)c23)N(C(=O)OC(C)(C)C)C1. The van der Waals surface area contributed by atoms with Crippen LogP contribution in [0.2, 0.25) is 0 Å². The van der Waals surface area contributed by atoms with Crippen molar-refractivity contribution >= 4 is 23.0 Å². The van der Waals surface area contributed by atoms with Gasteiger partial charge in [0.25, 0.3) is 0 Å². The highest BCUT2D eigenvalue weighted by molar-refractivity contribution is 5.94. The zero-order valence-electron chi connectivity index (χ0n) is 18.9. The van der Waals surface area contributed by atoms with Crippen LogP contribution in [0.15, 0.2) is 35.3 Å². The number of carbonyl (C=O) groups excluding carboxylic acids is 1. The molecule has 0 spiro atoms. The number of hydrogen-bond donors (Lipinski definition) is 1. The van der Waals surface area contributed by atoms with Crippen LogP contribution >= 0.6 is 0 Å². The summed E-state index contributed by atoms with van der Waals surface area (Å²) in [6.07, 6.45) is 2.82. The van der Waals surface area contributed by atoms with Crippen LogP contribution in [0.1, 0.15) is 56.4 Å². The number of fused-ring (bicyclic) bond motifs is 1. The fourth-order valence-electron chi connectivity index (χ4n) is 4.06. The molecule has 0 radical (unpaired) electrons. The van der Waals surface area contributed by atoms with Crippen molar-refractivity contribution in [2.24, 2.45) is 0 Å². The van der Waals surface area contributed by atoms with E-state index in [-0.39, 0.29) is 34.9 Å². The van der Waals surface area contributed by atoms with Crippen LogP contribution in [0.5, 0.6) is 5.75 Å². The predicted molar refractivity (Wildman–Crippen MR) is 119 cm³/mol. The van der Waals surface area contributed by atoms with Gasteiger partial charge in [0.1, 0.15) is 17.8 Å². The van der Waals surface area contributed by atoms with E-state index in [0.29, 0.717) is 13.0 Å². The Morgan fingerprint density at radius 2 is 1.97 bits per heavy atom. The van der Waals surface area contributed by atoms with Gasteiger partial charge in [-0.15, -0.1) is 0 Å². The van der Waals surface area contributed by atoms with Gasteiger partial charge >= 0.3 is 12.1 Å². The van der Waals surface area contributed by atoms with Crippen molar-refractivity contribution in [3.8, 4) is 5.75 Å². The van der Waals surface area contributed by atoms with Crippen molar-refractivity contribution < 1.29 is 28.6 Å². The molecule has 1 atom stereocenters. The van der Waals surface area contributed by atoms with Gasteiger partial charge in [-0.05, 0) is 52.2 Å². The molecular weight excluding hydrogens is 431 g/mol. The largest absolute Gasteiger partial charge is 0.486 e. The van der Waals surface area contributed by atoms with Crippen LogP contribution in [0.25, 0.3) is 10.9 Å². The van der Waals surface area contributed by atoms with Gasteiger partial charge in [0.05, 0.1) is 16.9 Å². The minimum atomic E-state index is -1.33. The number of ether oxygens (including phenoxy) is 2. The van der Waals surface area contributed by atoms with Gasteiger partial charge < -0.3 is 19.1 Å². The van der Waals surface area contributed by atoms with Gasteiger partial charge in [-0.2, -0.15) is 0 Å². The number of benzene rings is 1. The monoisotopic (exact) mass is 458 g/mol. The molecule has 176 valence electrons. The maximum atomic E-state index is 14.9. The summed E-state index contributed by atoms with van der Waals surface area (Å²) in [6.45, 7) is 9.56. The van der Waals surface area contributed by atoms with E-state index in [2.05, 4.69) is 6.58 Å². The number of nitrogens with zero attached hydrogens (tertiary/aromatic N) is 2. The van der Waals surface area contributed by atoms with E-state index in [4.69, 9.17) is 9.47 Å². The number of amides is 1. The summed E-state index contributed by atoms with van der Waals surface area (Å²) >= 11 is 0. The van der Waals surface area contributed by atoms with Gasteiger partial charge in [-0.3, -0.25) is 9.69 Å². The first kappa shape index (κ1) is 22.8. The first-order valence-electron chi connectivity index (χ1n) is 10.9. The van der Waals surface area contributed by atoms with Gasteiger partial charge in [-0.1, -0.05) is 12.2 Å². The lowest BCUT2D eigenvalue weighted by atomic mass is 10.1. The molecule has 1 aromatic heterocycles. The van der Waals surface area contributed by atoms with Crippen LogP contribution in [-0.2, 0) is 4.74 Å². The Bertz CT molecular complexity index is 1210. The molecule has 1 amide bonds. The molecule has 33 heavy (non-hydrogen) atoms. The van der Waals surface area contributed by atoms with Gasteiger partial charge in [-0.25, -0.2) is 14.0 Å². The minimum Gasteiger partial charge on any atom is -0.486 e. The topological polar surface area (TPSA) is 98.1 Å². The number of pyridine rings is 1. The predicted octanol–water partition coefficient (Wildman–Crippen LogP) is 4.12. The molecule has 1 N–H and O–H groups in total. The third-order valence-corrected chi connectivity index (χ3v) is 5.68. The van der Waals surface area contributed by atoms with E-state index in [9.17, 15) is 23.9 Å². The van der Waals surface area contributed by atoms with Crippen molar-refractivity contribution in [1.29, 1.82) is 0 Å². The van der Waals surface area contributed by atoms with Crippen LogP contribution < -0.4 is 10.2 Å². The van der Waals surface area contributed by atoms with E-state index >= 15 is 0 Å². The molecule has 1 unspecified atom stereocenters. The van der Waals surface area contributed by atoms with E-state index in [1.54, 1.807) is 25.3 Å². The second-order valence-electron chi connectivity index (χ2n) is 9.62. The van der Waals surface area contributed by atoms with Crippen molar-refractivity contribution in [2.45, 2.75) is 57.7 Å². The van der Waals surface area contributed by atoms with Crippen molar-refractivity contribution in [3.63, 3.8) is 0 Å². The first-order chi connectivity index (χ1) is 15.5. The summed E-state index contributed by atoms with van der Waals surface area (Å²) < 4.78 is 27.9. The number of aromatic carboxylic acids is 1. The van der Waals surface area contributed by atoms with Crippen molar-refractivity contribution in [2.75, 3.05) is 13.2 Å². The number of carbonyl (C=O) groups is 2. The van der Waals surface area contributed by atoms with Crippen molar-refractivity contribution in [1.82, 2.24) is 9.47 Å². The van der Waals surface area contributed by atoms with Gasteiger partial charge in [0.2, 0.25) is 5.43 Å². The van der Waals surface area contributed by atoms with Crippen LogP contribution in [0.4, 0.5) is 9.18 Å². The lowest BCUT2D eigenvalue weighted by Gasteiger charge is -2.28. The third kappa shape index (κ3) is 4.58.